The summed E-state index contributed by atoms with van der Waals surface area (Å²) in [7, 11) is 2.19. The van der Waals surface area contributed by atoms with Crippen LogP contribution in [-0.2, 0) is 9.47 Å². The molecule has 0 amide bonds. The second-order valence-electron chi connectivity index (χ2n) is 4.99. The molecule has 0 spiro atoms. The van der Waals surface area contributed by atoms with Crippen molar-refractivity contribution in [3.8, 4) is 0 Å². The zero-order chi connectivity index (χ0) is 14.2. The minimum Gasteiger partial charge on any atom is -0.379 e. The summed E-state index contributed by atoms with van der Waals surface area (Å²) in [6.07, 6.45) is 5.03. The number of hydrogen-bond acceptors (Lipinski definition) is 4. The van der Waals surface area contributed by atoms with E-state index in [0.29, 0.717) is 13.2 Å². The molecule has 4 nitrogen and oxygen atoms in total. The number of ether oxygens (including phenoxy) is 2. The predicted octanol–water partition coefficient (Wildman–Crippen LogP) is 2.14. The van der Waals surface area contributed by atoms with E-state index < -0.39 is 0 Å². The first kappa shape index (κ1) is 18.8. The van der Waals surface area contributed by atoms with Crippen LogP contribution in [0.4, 0.5) is 0 Å². The second kappa shape index (κ2) is 15.9. The molecule has 0 atom stereocenters. The van der Waals surface area contributed by atoms with E-state index in [1.807, 2.05) is 0 Å². The molecule has 0 saturated carbocycles. The van der Waals surface area contributed by atoms with Gasteiger partial charge in [0.25, 0.3) is 0 Å². The van der Waals surface area contributed by atoms with Crippen LogP contribution in [0.5, 0.6) is 0 Å². The van der Waals surface area contributed by atoms with Gasteiger partial charge in [-0.2, -0.15) is 0 Å². The highest BCUT2D eigenvalue weighted by Gasteiger charge is 1.97. The van der Waals surface area contributed by atoms with Gasteiger partial charge in [0.1, 0.15) is 0 Å². The van der Waals surface area contributed by atoms with E-state index in [-0.39, 0.29) is 0 Å². The Morgan fingerprint density at radius 3 is 2.21 bits per heavy atom. The highest BCUT2D eigenvalue weighted by Crippen LogP contribution is 1.95. The van der Waals surface area contributed by atoms with E-state index in [1.165, 1.54) is 25.8 Å². The predicted molar refractivity (Wildman–Crippen MR) is 81.8 cm³/mol. The first-order valence-electron chi connectivity index (χ1n) is 7.86. The molecule has 0 aromatic rings. The third kappa shape index (κ3) is 15.8. The Balaban J connectivity index is 3.05. The van der Waals surface area contributed by atoms with Crippen LogP contribution in [0, 0.1) is 0 Å². The van der Waals surface area contributed by atoms with Crippen molar-refractivity contribution in [2.75, 3.05) is 59.7 Å². The van der Waals surface area contributed by atoms with Crippen LogP contribution < -0.4 is 5.32 Å². The van der Waals surface area contributed by atoms with E-state index in [1.54, 1.807) is 0 Å². The Labute approximate surface area is 119 Å². The molecule has 0 unspecified atom stereocenters. The van der Waals surface area contributed by atoms with Gasteiger partial charge in [-0.1, -0.05) is 26.7 Å². The quantitative estimate of drug-likeness (QED) is 0.464. The molecule has 0 aliphatic heterocycles. The zero-order valence-electron chi connectivity index (χ0n) is 13.2. The number of likely N-dealkylation sites (N-methyl/N-ethyl adjacent to an activating group) is 1. The Hall–Kier alpha value is -0.160. The highest BCUT2D eigenvalue weighted by molar-refractivity contribution is 4.55. The molecule has 1 N–H and O–H groups in total. The van der Waals surface area contributed by atoms with E-state index in [0.717, 1.165) is 39.3 Å². The fourth-order valence-electron chi connectivity index (χ4n) is 1.75. The Morgan fingerprint density at radius 1 is 0.789 bits per heavy atom. The van der Waals surface area contributed by atoms with Gasteiger partial charge >= 0.3 is 0 Å². The molecule has 116 valence electrons. The molecule has 4 heteroatoms. The van der Waals surface area contributed by atoms with Gasteiger partial charge in [0, 0.05) is 26.2 Å². The van der Waals surface area contributed by atoms with E-state index >= 15 is 0 Å². The summed E-state index contributed by atoms with van der Waals surface area (Å²) in [6.45, 7) is 11.7. The Morgan fingerprint density at radius 2 is 1.53 bits per heavy atom. The average Bonchev–Trinajstić information content (AvgIpc) is 2.41. The largest absolute Gasteiger partial charge is 0.379 e. The van der Waals surface area contributed by atoms with Crippen molar-refractivity contribution in [3.05, 3.63) is 0 Å². The van der Waals surface area contributed by atoms with Gasteiger partial charge < -0.3 is 19.7 Å². The van der Waals surface area contributed by atoms with Crippen LogP contribution in [0.2, 0.25) is 0 Å². The van der Waals surface area contributed by atoms with Crippen molar-refractivity contribution in [3.63, 3.8) is 0 Å². The lowest BCUT2D eigenvalue weighted by Gasteiger charge is -2.16. The molecule has 0 radical (unpaired) electrons. The summed E-state index contributed by atoms with van der Waals surface area (Å²) >= 11 is 0. The third-order valence-electron chi connectivity index (χ3n) is 2.96. The first-order valence-corrected chi connectivity index (χ1v) is 7.86. The van der Waals surface area contributed by atoms with Gasteiger partial charge in [-0.3, -0.25) is 0 Å². The summed E-state index contributed by atoms with van der Waals surface area (Å²) in [4.78, 5) is 2.39. The molecule has 0 heterocycles. The maximum atomic E-state index is 5.47. The number of hydrogen-bond donors (Lipinski definition) is 1. The van der Waals surface area contributed by atoms with Crippen molar-refractivity contribution < 1.29 is 9.47 Å². The van der Waals surface area contributed by atoms with Crippen LogP contribution in [0.15, 0.2) is 0 Å². The van der Waals surface area contributed by atoms with Crippen molar-refractivity contribution in [1.82, 2.24) is 10.2 Å². The van der Waals surface area contributed by atoms with Crippen molar-refractivity contribution in [1.29, 1.82) is 0 Å². The lowest BCUT2D eigenvalue weighted by atomic mass is 10.2. The molecular weight excluding hydrogens is 240 g/mol. The molecule has 0 bridgehead atoms. The molecule has 0 aliphatic rings. The molecule has 0 aliphatic carbocycles. The van der Waals surface area contributed by atoms with Crippen LogP contribution >= 0.6 is 0 Å². The number of nitrogens with zero attached hydrogens (tertiary/aromatic N) is 1. The molecule has 0 rings (SSSR count). The maximum absolute atomic E-state index is 5.47. The standard InChI is InChI=1S/C15H34N2O2/c1-4-6-7-10-17(3)11-8-16-9-13-19-15-14-18-12-5-2/h16H,4-15H2,1-3H3. The summed E-state index contributed by atoms with van der Waals surface area (Å²) in [5.74, 6) is 0. The van der Waals surface area contributed by atoms with Crippen LogP contribution in [0.3, 0.4) is 0 Å². The normalized spacial score (nSPS) is 11.4. The maximum Gasteiger partial charge on any atom is 0.0701 e. The van der Waals surface area contributed by atoms with Crippen LogP contribution in [0.25, 0.3) is 0 Å². The van der Waals surface area contributed by atoms with Crippen molar-refractivity contribution in [2.45, 2.75) is 39.5 Å². The van der Waals surface area contributed by atoms with Crippen molar-refractivity contribution >= 4 is 0 Å². The van der Waals surface area contributed by atoms with Crippen LogP contribution in [0.1, 0.15) is 39.5 Å². The Bertz CT molecular complexity index is 168. The lowest BCUT2D eigenvalue weighted by Crippen LogP contribution is -2.31. The number of unbranched alkanes of at least 4 members (excludes halogenated alkanes) is 2. The molecule has 0 aromatic carbocycles. The van der Waals surface area contributed by atoms with Gasteiger partial charge in [-0.25, -0.2) is 0 Å². The summed E-state index contributed by atoms with van der Waals surface area (Å²) in [5.41, 5.74) is 0. The average molecular weight is 274 g/mol. The topological polar surface area (TPSA) is 33.7 Å². The highest BCUT2D eigenvalue weighted by atomic mass is 16.5. The smallest absolute Gasteiger partial charge is 0.0701 e. The van der Waals surface area contributed by atoms with Gasteiger partial charge in [-0.15, -0.1) is 0 Å². The molecule has 0 fully saturated rings. The van der Waals surface area contributed by atoms with Gasteiger partial charge in [-0.05, 0) is 26.4 Å². The Kier molecular flexibility index (Phi) is 15.8. The van der Waals surface area contributed by atoms with Gasteiger partial charge in [0.05, 0.1) is 19.8 Å². The fraction of sp³-hybridized carbons (Fsp3) is 1.00. The SMILES string of the molecule is CCCCCN(C)CCNCCOCCOCCC. The number of nitrogens with one attached hydrogen (secondary N) is 1. The summed E-state index contributed by atoms with van der Waals surface area (Å²) in [6, 6.07) is 0. The zero-order valence-corrected chi connectivity index (χ0v) is 13.2. The molecule has 19 heavy (non-hydrogen) atoms. The van der Waals surface area contributed by atoms with E-state index in [2.05, 4.69) is 31.1 Å². The summed E-state index contributed by atoms with van der Waals surface area (Å²) < 4.78 is 10.8. The van der Waals surface area contributed by atoms with Gasteiger partial charge in [0.15, 0.2) is 0 Å². The number of rotatable bonds is 15. The van der Waals surface area contributed by atoms with Crippen LogP contribution in [-0.4, -0.2) is 64.6 Å². The fourth-order valence-corrected chi connectivity index (χ4v) is 1.75. The lowest BCUT2D eigenvalue weighted by molar-refractivity contribution is 0.0490. The monoisotopic (exact) mass is 274 g/mol. The summed E-state index contributed by atoms with van der Waals surface area (Å²) in [5, 5.41) is 3.40. The molecule has 0 saturated heterocycles. The first-order chi connectivity index (χ1) is 9.31. The molecule has 0 aromatic heterocycles. The minimum absolute atomic E-state index is 0.707. The third-order valence-corrected chi connectivity index (χ3v) is 2.96. The van der Waals surface area contributed by atoms with E-state index in [9.17, 15) is 0 Å². The van der Waals surface area contributed by atoms with Crippen molar-refractivity contribution in [2.24, 2.45) is 0 Å². The minimum atomic E-state index is 0.707. The van der Waals surface area contributed by atoms with Gasteiger partial charge in [0.2, 0.25) is 0 Å². The van der Waals surface area contributed by atoms with E-state index in [4.69, 9.17) is 9.47 Å². The molecular formula is C15H34N2O2. The second-order valence-corrected chi connectivity index (χ2v) is 4.99.